The summed E-state index contributed by atoms with van der Waals surface area (Å²) in [5, 5.41) is 3.81. The number of nitrogens with zero attached hydrogens (tertiary/aromatic N) is 2. The predicted molar refractivity (Wildman–Crippen MR) is 85.4 cm³/mol. The first-order valence-corrected chi connectivity index (χ1v) is 7.40. The van der Waals surface area contributed by atoms with E-state index in [1.807, 2.05) is 31.3 Å². The van der Waals surface area contributed by atoms with Gasteiger partial charge in [0.1, 0.15) is 11.8 Å². The zero-order chi connectivity index (χ0) is 15.5. The van der Waals surface area contributed by atoms with Crippen molar-refractivity contribution in [3.8, 4) is 11.6 Å². The molecule has 1 aliphatic heterocycles. The van der Waals surface area contributed by atoms with Gasteiger partial charge in [0.15, 0.2) is 0 Å². The van der Waals surface area contributed by atoms with E-state index in [1.165, 1.54) is 6.20 Å². The van der Waals surface area contributed by atoms with E-state index in [1.54, 1.807) is 17.0 Å². The Hall–Kier alpha value is -2.27. The second-order valence-corrected chi connectivity index (χ2v) is 5.62. The van der Waals surface area contributed by atoms with Crippen LogP contribution in [0.2, 0.25) is 5.02 Å². The van der Waals surface area contributed by atoms with Crippen LogP contribution >= 0.6 is 11.6 Å². The summed E-state index contributed by atoms with van der Waals surface area (Å²) >= 11 is 5.78. The lowest BCUT2D eigenvalue weighted by Crippen LogP contribution is -2.30. The fourth-order valence-corrected chi connectivity index (χ4v) is 2.43. The molecule has 1 aromatic carbocycles. The van der Waals surface area contributed by atoms with Gasteiger partial charge in [-0.3, -0.25) is 4.79 Å². The minimum atomic E-state index is -0.144. The van der Waals surface area contributed by atoms with Gasteiger partial charge in [-0.25, -0.2) is 4.98 Å². The number of amides is 1. The second-order valence-electron chi connectivity index (χ2n) is 5.19. The third kappa shape index (κ3) is 3.31. The van der Waals surface area contributed by atoms with Crippen molar-refractivity contribution in [3.05, 3.63) is 47.6 Å². The monoisotopic (exact) mass is 317 g/mol. The van der Waals surface area contributed by atoms with E-state index in [9.17, 15) is 4.79 Å². The Morgan fingerprint density at radius 3 is 2.64 bits per heavy atom. The Morgan fingerprint density at radius 1 is 1.27 bits per heavy atom. The lowest BCUT2D eigenvalue weighted by atomic mass is 10.2. The Bertz CT molecular complexity index is 658. The molecule has 0 aliphatic carbocycles. The summed E-state index contributed by atoms with van der Waals surface area (Å²) in [4.78, 5) is 17.7. The van der Waals surface area contributed by atoms with E-state index in [0.717, 1.165) is 18.7 Å². The summed E-state index contributed by atoms with van der Waals surface area (Å²) in [6, 6.07) is 10.7. The van der Waals surface area contributed by atoms with Crippen molar-refractivity contribution in [3.63, 3.8) is 0 Å². The molecule has 6 heteroatoms. The van der Waals surface area contributed by atoms with Crippen molar-refractivity contribution < 1.29 is 9.53 Å². The largest absolute Gasteiger partial charge is 0.439 e. The third-order valence-electron chi connectivity index (χ3n) is 3.55. The number of aromatic nitrogens is 1. The fraction of sp³-hybridized carbons (Fsp3) is 0.250. The highest BCUT2D eigenvalue weighted by atomic mass is 35.5. The van der Waals surface area contributed by atoms with E-state index < -0.39 is 0 Å². The highest BCUT2D eigenvalue weighted by Crippen LogP contribution is 2.23. The Kier molecular flexibility index (Phi) is 4.15. The molecule has 1 atom stereocenters. The maximum Gasteiger partial charge on any atom is 0.244 e. The quantitative estimate of drug-likeness (QED) is 0.941. The van der Waals surface area contributed by atoms with E-state index in [0.29, 0.717) is 16.7 Å². The smallest absolute Gasteiger partial charge is 0.244 e. The van der Waals surface area contributed by atoms with E-state index >= 15 is 0 Å². The summed E-state index contributed by atoms with van der Waals surface area (Å²) in [6.45, 7) is 0.792. The van der Waals surface area contributed by atoms with E-state index in [4.69, 9.17) is 16.3 Å². The molecule has 5 nitrogen and oxygen atoms in total. The number of nitrogens with one attached hydrogen (secondary N) is 1. The van der Waals surface area contributed by atoms with Gasteiger partial charge in [-0.1, -0.05) is 11.6 Å². The van der Waals surface area contributed by atoms with Crippen LogP contribution in [0.5, 0.6) is 11.6 Å². The number of carbonyl (C=O) groups is 1. The van der Waals surface area contributed by atoms with Crippen molar-refractivity contribution in [2.45, 2.75) is 12.5 Å². The second kappa shape index (κ2) is 6.23. The molecule has 0 bridgehead atoms. The molecule has 1 amide bonds. The Labute approximate surface area is 133 Å². The minimum Gasteiger partial charge on any atom is -0.439 e. The average molecular weight is 318 g/mol. The molecule has 2 aromatic rings. The normalized spacial score (nSPS) is 17.6. The van der Waals surface area contributed by atoms with Crippen LogP contribution in [-0.4, -0.2) is 35.4 Å². The molecular formula is C16H16ClN3O2. The van der Waals surface area contributed by atoms with Crippen LogP contribution < -0.4 is 10.1 Å². The summed E-state index contributed by atoms with van der Waals surface area (Å²) in [7, 11) is 1.82. The average Bonchev–Trinajstić information content (AvgIpc) is 2.84. The number of hydrogen-bond donors (Lipinski definition) is 1. The molecular weight excluding hydrogens is 302 g/mol. The molecule has 1 fully saturated rings. The predicted octanol–water partition coefficient (Wildman–Crippen LogP) is 3.17. The number of anilines is 1. The van der Waals surface area contributed by atoms with Gasteiger partial charge < -0.3 is 15.0 Å². The van der Waals surface area contributed by atoms with Gasteiger partial charge in [0.25, 0.3) is 0 Å². The third-order valence-corrected chi connectivity index (χ3v) is 3.77. The van der Waals surface area contributed by atoms with Crippen molar-refractivity contribution >= 4 is 23.2 Å². The molecule has 114 valence electrons. The number of rotatable bonds is 4. The van der Waals surface area contributed by atoms with Crippen LogP contribution in [-0.2, 0) is 4.79 Å². The Morgan fingerprint density at radius 2 is 2.05 bits per heavy atom. The highest BCUT2D eigenvalue weighted by molar-refractivity contribution is 6.30. The highest BCUT2D eigenvalue weighted by Gasteiger charge is 2.28. The van der Waals surface area contributed by atoms with Crippen LogP contribution in [0.3, 0.4) is 0 Å². The summed E-state index contributed by atoms with van der Waals surface area (Å²) in [6.07, 6.45) is 2.36. The fourth-order valence-electron chi connectivity index (χ4n) is 2.32. The standard InChI is InChI=1S/C16H16ClN3O2/c1-20-9-8-14(16(20)21)19-12-3-5-13(6-4-12)22-15-7-2-11(17)10-18-15/h2-7,10,14,19H,8-9H2,1H3/t14-/m0/s1. The van der Waals surface area contributed by atoms with E-state index in [-0.39, 0.29) is 11.9 Å². The van der Waals surface area contributed by atoms with Crippen molar-refractivity contribution in [2.24, 2.45) is 0 Å². The van der Waals surface area contributed by atoms with Gasteiger partial charge in [-0.2, -0.15) is 0 Å². The van der Waals surface area contributed by atoms with Gasteiger partial charge in [0.2, 0.25) is 11.8 Å². The topological polar surface area (TPSA) is 54.5 Å². The molecule has 0 unspecified atom stereocenters. The van der Waals surface area contributed by atoms with E-state index in [2.05, 4.69) is 10.3 Å². The molecule has 1 saturated heterocycles. The molecule has 2 heterocycles. The number of halogens is 1. The van der Waals surface area contributed by atoms with Gasteiger partial charge in [-0.15, -0.1) is 0 Å². The molecule has 0 spiro atoms. The van der Waals surface area contributed by atoms with Crippen molar-refractivity contribution in [1.29, 1.82) is 0 Å². The van der Waals surface area contributed by atoms with Gasteiger partial charge in [-0.05, 0) is 36.8 Å². The number of likely N-dealkylation sites (N-methyl/N-ethyl adjacent to an activating group) is 1. The summed E-state index contributed by atoms with van der Waals surface area (Å²) in [5.41, 5.74) is 0.894. The molecule has 1 aliphatic rings. The van der Waals surface area contributed by atoms with Crippen LogP contribution in [0.4, 0.5) is 5.69 Å². The number of likely N-dealkylation sites (tertiary alicyclic amines) is 1. The maximum atomic E-state index is 11.9. The van der Waals surface area contributed by atoms with Gasteiger partial charge in [0.05, 0.1) is 5.02 Å². The maximum absolute atomic E-state index is 11.9. The molecule has 0 radical (unpaired) electrons. The van der Waals surface area contributed by atoms with Crippen LogP contribution in [0.15, 0.2) is 42.6 Å². The number of hydrogen-bond acceptors (Lipinski definition) is 4. The number of pyridine rings is 1. The minimum absolute atomic E-state index is 0.130. The number of carbonyl (C=O) groups excluding carboxylic acids is 1. The first kappa shape index (κ1) is 14.7. The Balaban J connectivity index is 1.63. The number of ether oxygens (including phenoxy) is 1. The first-order chi connectivity index (χ1) is 10.6. The zero-order valence-electron chi connectivity index (χ0n) is 12.1. The summed E-state index contributed by atoms with van der Waals surface area (Å²) < 4.78 is 5.62. The van der Waals surface area contributed by atoms with Gasteiger partial charge in [0, 0.05) is 31.5 Å². The number of benzene rings is 1. The van der Waals surface area contributed by atoms with Crippen LogP contribution in [0, 0.1) is 0 Å². The lowest BCUT2D eigenvalue weighted by molar-refractivity contribution is -0.127. The van der Waals surface area contributed by atoms with Crippen LogP contribution in [0.25, 0.3) is 0 Å². The zero-order valence-corrected chi connectivity index (χ0v) is 12.9. The van der Waals surface area contributed by atoms with Crippen LogP contribution in [0.1, 0.15) is 6.42 Å². The molecule has 1 N–H and O–H groups in total. The summed E-state index contributed by atoms with van der Waals surface area (Å²) in [5.74, 6) is 1.29. The van der Waals surface area contributed by atoms with Crippen molar-refractivity contribution in [1.82, 2.24) is 9.88 Å². The molecule has 1 aromatic heterocycles. The van der Waals surface area contributed by atoms with Crippen molar-refractivity contribution in [2.75, 3.05) is 18.9 Å². The molecule has 3 rings (SSSR count). The first-order valence-electron chi connectivity index (χ1n) is 7.03. The molecule has 0 saturated carbocycles. The SMILES string of the molecule is CN1CC[C@H](Nc2ccc(Oc3ccc(Cl)cn3)cc2)C1=O. The lowest BCUT2D eigenvalue weighted by Gasteiger charge is -2.13. The molecule has 22 heavy (non-hydrogen) atoms. The van der Waals surface area contributed by atoms with Gasteiger partial charge >= 0.3 is 0 Å².